The largest absolute Gasteiger partial charge is 0.393 e. The maximum atomic E-state index is 11.9. The molecular weight excluding hydrogens is 308 g/mol. The second kappa shape index (κ2) is 7.92. The maximum absolute atomic E-state index is 11.9. The molecule has 21 heavy (non-hydrogen) atoms. The molecule has 1 fully saturated rings. The topological polar surface area (TPSA) is 61.4 Å². The Morgan fingerprint density at radius 3 is 2.95 bits per heavy atom. The van der Waals surface area contributed by atoms with Gasteiger partial charge in [-0.3, -0.25) is 0 Å². The Kier molecular flexibility index (Phi) is 6.21. The van der Waals surface area contributed by atoms with Gasteiger partial charge in [-0.25, -0.2) is 4.79 Å². The first-order valence-corrected chi connectivity index (χ1v) is 8.87. The molecule has 4 nitrogen and oxygen atoms in total. The Morgan fingerprint density at radius 1 is 1.48 bits per heavy atom. The van der Waals surface area contributed by atoms with E-state index in [4.69, 9.17) is 11.6 Å². The Balaban J connectivity index is 1.88. The molecule has 0 saturated heterocycles. The summed E-state index contributed by atoms with van der Waals surface area (Å²) in [7, 11) is 0. The molecule has 0 aromatic heterocycles. The summed E-state index contributed by atoms with van der Waals surface area (Å²) in [6.45, 7) is 0.495. The van der Waals surface area contributed by atoms with Gasteiger partial charge >= 0.3 is 6.03 Å². The predicted octanol–water partition coefficient (Wildman–Crippen LogP) is 3.49. The van der Waals surface area contributed by atoms with Crippen molar-refractivity contribution >= 4 is 35.1 Å². The van der Waals surface area contributed by atoms with Gasteiger partial charge in [-0.15, -0.1) is 0 Å². The first-order valence-electron chi connectivity index (χ1n) is 7.10. The Hall–Kier alpha value is -0.910. The summed E-state index contributed by atoms with van der Waals surface area (Å²) >= 11 is 7.82. The summed E-state index contributed by atoms with van der Waals surface area (Å²) in [4.78, 5) is 11.9. The number of hydrogen-bond acceptors (Lipinski definition) is 3. The van der Waals surface area contributed by atoms with Gasteiger partial charge in [-0.2, -0.15) is 11.8 Å². The lowest BCUT2D eigenvalue weighted by Gasteiger charge is -2.16. The zero-order chi connectivity index (χ0) is 15.2. The molecule has 2 atom stereocenters. The highest BCUT2D eigenvalue weighted by Crippen LogP contribution is 2.26. The highest BCUT2D eigenvalue weighted by atomic mass is 35.5. The highest BCUT2D eigenvalue weighted by molar-refractivity contribution is 7.97. The van der Waals surface area contributed by atoms with Crippen LogP contribution in [0.25, 0.3) is 0 Å². The van der Waals surface area contributed by atoms with E-state index >= 15 is 0 Å². The number of hydrogen-bond donors (Lipinski definition) is 3. The van der Waals surface area contributed by atoms with Crippen molar-refractivity contribution in [1.29, 1.82) is 0 Å². The lowest BCUT2D eigenvalue weighted by Crippen LogP contribution is -2.35. The summed E-state index contributed by atoms with van der Waals surface area (Å²) in [6, 6.07) is 5.36. The molecule has 0 aliphatic heterocycles. The number of urea groups is 1. The lowest BCUT2D eigenvalue weighted by molar-refractivity contribution is 0.133. The van der Waals surface area contributed by atoms with Crippen molar-refractivity contribution in [3.05, 3.63) is 28.8 Å². The third kappa shape index (κ3) is 4.80. The van der Waals surface area contributed by atoms with Crippen LogP contribution in [0.1, 0.15) is 24.8 Å². The fourth-order valence-corrected chi connectivity index (χ4v) is 3.25. The van der Waals surface area contributed by atoms with E-state index in [9.17, 15) is 9.90 Å². The van der Waals surface area contributed by atoms with Gasteiger partial charge in [0.1, 0.15) is 0 Å². The van der Waals surface area contributed by atoms with E-state index in [0.717, 1.165) is 30.6 Å². The van der Waals surface area contributed by atoms with Crippen molar-refractivity contribution in [2.24, 2.45) is 5.92 Å². The molecule has 0 spiro atoms. The van der Waals surface area contributed by atoms with Crippen LogP contribution >= 0.6 is 23.4 Å². The molecule has 0 radical (unpaired) electrons. The predicted molar refractivity (Wildman–Crippen MR) is 89.0 cm³/mol. The molecule has 1 aromatic rings. The second-order valence-corrected chi connectivity index (χ2v) is 6.61. The number of amides is 2. The van der Waals surface area contributed by atoms with Crippen LogP contribution in [-0.4, -0.2) is 30.0 Å². The molecule has 6 heteroatoms. The average Bonchev–Trinajstić information content (AvgIpc) is 2.86. The number of carbonyl (C=O) groups is 1. The monoisotopic (exact) mass is 328 g/mol. The minimum atomic E-state index is -0.293. The molecule has 1 saturated carbocycles. The molecule has 2 rings (SSSR count). The van der Waals surface area contributed by atoms with Gasteiger partial charge in [0.25, 0.3) is 0 Å². The molecule has 0 heterocycles. The zero-order valence-corrected chi connectivity index (χ0v) is 13.6. The lowest BCUT2D eigenvalue weighted by atomic mass is 10.1. The fourth-order valence-electron chi connectivity index (χ4n) is 2.57. The van der Waals surface area contributed by atoms with Crippen LogP contribution < -0.4 is 10.6 Å². The van der Waals surface area contributed by atoms with E-state index in [2.05, 4.69) is 10.6 Å². The quantitative estimate of drug-likeness (QED) is 0.775. The van der Waals surface area contributed by atoms with E-state index in [1.165, 1.54) is 0 Å². The van der Waals surface area contributed by atoms with Crippen molar-refractivity contribution in [3.8, 4) is 0 Å². The molecular formula is C15H21ClN2O2S. The van der Waals surface area contributed by atoms with Gasteiger partial charge in [0, 0.05) is 18.2 Å². The second-order valence-electron chi connectivity index (χ2n) is 5.34. The van der Waals surface area contributed by atoms with Gasteiger partial charge in [0.15, 0.2) is 0 Å². The number of aliphatic hydroxyl groups excluding tert-OH is 1. The summed E-state index contributed by atoms with van der Waals surface area (Å²) in [5, 5.41) is 15.8. The maximum Gasteiger partial charge on any atom is 0.319 e. The Labute approximate surface area is 134 Å². The average molecular weight is 329 g/mol. The number of aliphatic hydroxyl groups is 1. The van der Waals surface area contributed by atoms with Crippen molar-refractivity contribution in [2.45, 2.75) is 31.1 Å². The van der Waals surface area contributed by atoms with Crippen molar-refractivity contribution < 1.29 is 9.90 Å². The minimum Gasteiger partial charge on any atom is -0.393 e. The molecule has 3 N–H and O–H groups in total. The fraction of sp³-hybridized carbons (Fsp3) is 0.533. The van der Waals surface area contributed by atoms with E-state index in [1.807, 2.05) is 18.4 Å². The third-order valence-corrected chi connectivity index (χ3v) is 4.69. The van der Waals surface area contributed by atoms with Crippen molar-refractivity contribution in [1.82, 2.24) is 5.32 Å². The highest BCUT2D eigenvalue weighted by Gasteiger charge is 2.25. The molecule has 2 amide bonds. The molecule has 1 aliphatic rings. The number of nitrogens with one attached hydrogen (secondary N) is 2. The van der Waals surface area contributed by atoms with E-state index < -0.39 is 0 Å². The van der Waals surface area contributed by atoms with Crippen LogP contribution in [0.2, 0.25) is 5.02 Å². The number of rotatable bonds is 5. The van der Waals surface area contributed by atoms with Crippen molar-refractivity contribution in [3.63, 3.8) is 0 Å². The molecule has 0 unspecified atom stereocenters. The van der Waals surface area contributed by atoms with Crippen LogP contribution in [0, 0.1) is 5.92 Å². The minimum absolute atomic E-state index is 0.161. The number of benzene rings is 1. The standard InChI is InChI=1S/C15H21ClN2O2S/c1-21-9-10-5-6-12(16)13(7-10)18-15(20)17-8-11-3-2-4-14(11)19/h5-7,11,14,19H,2-4,8-9H2,1H3,(H2,17,18,20)/t11-,14-/m1/s1. The normalized spacial score (nSPS) is 21.3. The smallest absolute Gasteiger partial charge is 0.319 e. The Morgan fingerprint density at radius 2 is 2.29 bits per heavy atom. The zero-order valence-electron chi connectivity index (χ0n) is 12.1. The van der Waals surface area contributed by atoms with Crippen LogP contribution in [0.3, 0.4) is 0 Å². The number of carbonyl (C=O) groups excluding carboxylic acids is 1. The first-order chi connectivity index (χ1) is 10.1. The molecule has 116 valence electrons. The van der Waals surface area contributed by atoms with Gasteiger partial charge in [-0.1, -0.05) is 24.1 Å². The van der Waals surface area contributed by atoms with Crippen LogP contribution in [-0.2, 0) is 5.75 Å². The molecule has 0 bridgehead atoms. The van der Waals surface area contributed by atoms with Gasteiger partial charge < -0.3 is 15.7 Å². The van der Waals surface area contributed by atoms with E-state index in [0.29, 0.717) is 17.3 Å². The van der Waals surface area contributed by atoms with Gasteiger partial charge in [-0.05, 0) is 36.8 Å². The third-order valence-electron chi connectivity index (χ3n) is 3.73. The molecule has 1 aromatic carbocycles. The van der Waals surface area contributed by atoms with E-state index in [1.54, 1.807) is 17.8 Å². The summed E-state index contributed by atoms with van der Waals surface area (Å²) in [5.74, 6) is 1.04. The number of thioether (sulfide) groups is 1. The van der Waals surface area contributed by atoms with Gasteiger partial charge in [0.05, 0.1) is 16.8 Å². The van der Waals surface area contributed by atoms with Crippen LogP contribution in [0.4, 0.5) is 10.5 Å². The van der Waals surface area contributed by atoms with E-state index in [-0.39, 0.29) is 18.1 Å². The van der Waals surface area contributed by atoms with Crippen LogP contribution in [0.15, 0.2) is 18.2 Å². The molecule has 1 aliphatic carbocycles. The SMILES string of the molecule is CSCc1ccc(Cl)c(NC(=O)NC[C@H]2CCC[C@H]2O)c1. The van der Waals surface area contributed by atoms with Crippen LogP contribution in [0.5, 0.6) is 0 Å². The van der Waals surface area contributed by atoms with Gasteiger partial charge in [0.2, 0.25) is 0 Å². The number of halogens is 1. The Bertz CT molecular complexity index is 499. The number of anilines is 1. The van der Waals surface area contributed by atoms with Crippen molar-refractivity contribution in [2.75, 3.05) is 18.1 Å². The summed E-state index contributed by atoms with van der Waals surface area (Å²) in [5.41, 5.74) is 1.74. The summed E-state index contributed by atoms with van der Waals surface area (Å²) in [6.07, 6.45) is 4.56. The summed E-state index contributed by atoms with van der Waals surface area (Å²) < 4.78 is 0. The first kappa shape index (κ1) is 16.5.